The number of rotatable bonds is 5. The topological polar surface area (TPSA) is 73.0 Å². The summed E-state index contributed by atoms with van der Waals surface area (Å²) in [6.45, 7) is 3.70. The lowest BCUT2D eigenvalue weighted by atomic mass is 10.1. The number of nitrogens with zero attached hydrogens (tertiary/aromatic N) is 3. The van der Waals surface area contributed by atoms with Gasteiger partial charge in [0.05, 0.1) is 11.4 Å². The van der Waals surface area contributed by atoms with Crippen LogP contribution in [0.15, 0.2) is 17.5 Å². The summed E-state index contributed by atoms with van der Waals surface area (Å²) < 4.78 is 0. The van der Waals surface area contributed by atoms with E-state index in [-0.39, 0.29) is 23.8 Å². The quantitative estimate of drug-likeness (QED) is 0.806. The molecule has 1 aromatic heterocycles. The van der Waals surface area contributed by atoms with Gasteiger partial charge in [-0.25, -0.2) is 0 Å². The zero-order chi connectivity index (χ0) is 18.8. The van der Waals surface area contributed by atoms with Crippen molar-refractivity contribution in [3.05, 3.63) is 22.4 Å². The highest BCUT2D eigenvalue weighted by Gasteiger charge is 2.38. The number of amides is 3. The van der Waals surface area contributed by atoms with Gasteiger partial charge in [-0.05, 0) is 37.1 Å². The van der Waals surface area contributed by atoms with E-state index in [1.54, 1.807) is 4.90 Å². The molecule has 1 aromatic rings. The maximum atomic E-state index is 13.0. The van der Waals surface area contributed by atoms with Crippen LogP contribution in [0.1, 0.15) is 35.4 Å². The highest BCUT2D eigenvalue weighted by molar-refractivity contribution is 7.12. The maximum absolute atomic E-state index is 13.0. The third-order valence-corrected chi connectivity index (χ3v) is 6.38. The van der Waals surface area contributed by atoms with Crippen LogP contribution in [0, 0.1) is 0 Å². The van der Waals surface area contributed by atoms with Crippen molar-refractivity contribution < 1.29 is 14.4 Å². The van der Waals surface area contributed by atoms with Crippen LogP contribution in [-0.4, -0.2) is 83.8 Å². The fraction of sp³-hybridized carbons (Fsp3) is 0.632. The lowest BCUT2D eigenvalue weighted by Crippen LogP contribution is -2.55. The van der Waals surface area contributed by atoms with Crippen LogP contribution < -0.4 is 5.32 Å². The first-order valence-corrected chi connectivity index (χ1v) is 10.6. The van der Waals surface area contributed by atoms with Gasteiger partial charge in [-0.1, -0.05) is 6.07 Å². The molecule has 1 N–H and O–H groups in total. The van der Waals surface area contributed by atoms with Crippen molar-refractivity contribution in [2.45, 2.75) is 37.8 Å². The largest absolute Gasteiger partial charge is 0.352 e. The predicted molar refractivity (Wildman–Crippen MR) is 103 cm³/mol. The Kier molecular flexibility index (Phi) is 5.45. The molecule has 0 aromatic carbocycles. The predicted octanol–water partition coefficient (Wildman–Crippen LogP) is 0.776. The molecule has 4 rings (SSSR count). The molecule has 1 unspecified atom stereocenters. The van der Waals surface area contributed by atoms with E-state index in [2.05, 4.69) is 10.2 Å². The molecular formula is C19H26N4O3S. The van der Waals surface area contributed by atoms with Gasteiger partial charge in [0.2, 0.25) is 11.8 Å². The molecule has 0 spiro atoms. The Bertz CT molecular complexity index is 696. The van der Waals surface area contributed by atoms with Crippen molar-refractivity contribution in [2.24, 2.45) is 0 Å². The highest BCUT2D eigenvalue weighted by Crippen LogP contribution is 2.24. The zero-order valence-corrected chi connectivity index (χ0v) is 16.2. The third-order valence-electron chi connectivity index (χ3n) is 5.52. The monoisotopic (exact) mass is 390 g/mol. The van der Waals surface area contributed by atoms with Gasteiger partial charge in [0.1, 0.15) is 6.04 Å². The summed E-state index contributed by atoms with van der Waals surface area (Å²) in [5, 5.41) is 4.89. The van der Waals surface area contributed by atoms with Gasteiger partial charge in [-0.2, -0.15) is 0 Å². The molecule has 3 amide bonds. The van der Waals surface area contributed by atoms with Crippen molar-refractivity contribution in [3.63, 3.8) is 0 Å². The molecule has 3 fully saturated rings. The molecule has 3 heterocycles. The van der Waals surface area contributed by atoms with Gasteiger partial charge in [0.15, 0.2) is 0 Å². The smallest absolute Gasteiger partial charge is 0.264 e. The highest BCUT2D eigenvalue weighted by atomic mass is 32.1. The van der Waals surface area contributed by atoms with Gasteiger partial charge in [-0.15, -0.1) is 11.3 Å². The Morgan fingerprint density at radius 1 is 1.07 bits per heavy atom. The third kappa shape index (κ3) is 4.32. The van der Waals surface area contributed by atoms with Crippen molar-refractivity contribution in [1.29, 1.82) is 0 Å². The van der Waals surface area contributed by atoms with Gasteiger partial charge in [0, 0.05) is 38.8 Å². The van der Waals surface area contributed by atoms with Gasteiger partial charge >= 0.3 is 0 Å². The fourth-order valence-electron chi connectivity index (χ4n) is 3.85. The normalized spacial score (nSPS) is 23.5. The van der Waals surface area contributed by atoms with E-state index in [1.165, 1.54) is 11.3 Å². The summed E-state index contributed by atoms with van der Waals surface area (Å²) in [5.74, 6) is 0.108. The number of likely N-dealkylation sites (tertiary alicyclic amines) is 1. The van der Waals surface area contributed by atoms with Crippen molar-refractivity contribution in [3.8, 4) is 0 Å². The van der Waals surface area contributed by atoms with E-state index < -0.39 is 0 Å². The average molecular weight is 391 g/mol. The second kappa shape index (κ2) is 7.98. The Labute approximate surface area is 163 Å². The molecule has 2 saturated heterocycles. The van der Waals surface area contributed by atoms with Crippen LogP contribution in [0.3, 0.4) is 0 Å². The summed E-state index contributed by atoms with van der Waals surface area (Å²) in [7, 11) is 0. The van der Waals surface area contributed by atoms with Gasteiger partial charge in [-0.3, -0.25) is 19.3 Å². The SMILES string of the molecule is O=C(CN1CCN(C(=O)C2CCCN2C(=O)c2cccs2)CC1)NC1CC1. The van der Waals surface area contributed by atoms with E-state index in [4.69, 9.17) is 0 Å². The number of thiophene rings is 1. The van der Waals surface area contributed by atoms with E-state index >= 15 is 0 Å². The molecule has 2 aliphatic heterocycles. The van der Waals surface area contributed by atoms with Crippen LogP contribution in [0.5, 0.6) is 0 Å². The summed E-state index contributed by atoms with van der Waals surface area (Å²) in [6.07, 6.45) is 3.79. The Morgan fingerprint density at radius 3 is 2.52 bits per heavy atom. The molecule has 8 heteroatoms. The van der Waals surface area contributed by atoms with Gasteiger partial charge < -0.3 is 15.1 Å². The molecule has 146 valence electrons. The van der Waals surface area contributed by atoms with E-state index in [0.29, 0.717) is 50.2 Å². The molecule has 1 atom stereocenters. The van der Waals surface area contributed by atoms with Crippen molar-refractivity contribution in [2.75, 3.05) is 39.3 Å². The summed E-state index contributed by atoms with van der Waals surface area (Å²) >= 11 is 1.42. The van der Waals surface area contributed by atoms with Crippen LogP contribution in [0.4, 0.5) is 0 Å². The molecule has 3 aliphatic rings. The zero-order valence-electron chi connectivity index (χ0n) is 15.4. The minimum Gasteiger partial charge on any atom is -0.352 e. The number of carbonyl (C=O) groups is 3. The Morgan fingerprint density at radius 2 is 1.85 bits per heavy atom. The first-order valence-electron chi connectivity index (χ1n) is 9.77. The van der Waals surface area contributed by atoms with Crippen LogP contribution in [-0.2, 0) is 9.59 Å². The first kappa shape index (κ1) is 18.4. The molecule has 1 aliphatic carbocycles. The lowest BCUT2D eigenvalue weighted by molar-refractivity contribution is -0.137. The Balaban J connectivity index is 1.29. The molecule has 27 heavy (non-hydrogen) atoms. The van der Waals surface area contributed by atoms with Crippen LogP contribution in [0.25, 0.3) is 0 Å². The minimum absolute atomic E-state index is 0.0313. The summed E-state index contributed by atoms with van der Waals surface area (Å²) in [6, 6.07) is 3.72. The second-order valence-corrected chi connectivity index (χ2v) is 8.52. The van der Waals surface area contributed by atoms with Crippen LogP contribution in [0.2, 0.25) is 0 Å². The number of hydrogen-bond acceptors (Lipinski definition) is 5. The van der Waals surface area contributed by atoms with Crippen LogP contribution >= 0.6 is 11.3 Å². The van der Waals surface area contributed by atoms with E-state index in [9.17, 15) is 14.4 Å². The second-order valence-electron chi connectivity index (χ2n) is 7.58. The van der Waals surface area contributed by atoms with E-state index in [0.717, 1.165) is 25.7 Å². The average Bonchev–Trinajstić information content (AvgIpc) is 3.16. The first-order chi connectivity index (χ1) is 13.1. The number of piperazine rings is 1. The van der Waals surface area contributed by atoms with Gasteiger partial charge in [0.25, 0.3) is 5.91 Å². The number of hydrogen-bond donors (Lipinski definition) is 1. The molecule has 7 nitrogen and oxygen atoms in total. The van der Waals surface area contributed by atoms with Crippen molar-refractivity contribution >= 4 is 29.1 Å². The number of nitrogens with one attached hydrogen (secondary N) is 1. The Hall–Kier alpha value is -1.93. The molecule has 0 radical (unpaired) electrons. The molecule has 0 bridgehead atoms. The minimum atomic E-state index is -0.343. The standard InChI is InChI=1S/C19H26N4O3S/c24-17(20-14-5-6-14)13-21-8-10-22(11-9-21)18(25)15-3-1-7-23(15)19(26)16-4-2-12-27-16/h2,4,12,14-15H,1,3,5-11,13H2,(H,20,24). The molecule has 1 saturated carbocycles. The maximum Gasteiger partial charge on any atom is 0.264 e. The summed E-state index contributed by atoms with van der Waals surface area (Å²) in [4.78, 5) is 44.0. The fourth-order valence-corrected chi connectivity index (χ4v) is 4.53. The summed E-state index contributed by atoms with van der Waals surface area (Å²) in [5.41, 5.74) is 0. The number of carbonyl (C=O) groups excluding carboxylic acids is 3. The van der Waals surface area contributed by atoms with E-state index in [1.807, 2.05) is 22.4 Å². The molecular weight excluding hydrogens is 364 g/mol. The van der Waals surface area contributed by atoms with Crippen molar-refractivity contribution in [1.82, 2.24) is 20.0 Å². The lowest BCUT2D eigenvalue weighted by Gasteiger charge is -2.37.